The largest absolute Gasteiger partial charge is 0.274 e. The van der Waals surface area contributed by atoms with E-state index >= 15 is 0 Å². The Hall–Kier alpha value is -1.90. The normalized spacial score (nSPS) is 36.5. The van der Waals surface area contributed by atoms with Crippen LogP contribution in [0.5, 0.6) is 0 Å². The van der Waals surface area contributed by atoms with Crippen molar-refractivity contribution in [1.82, 2.24) is 0 Å². The lowest BCUT2D eigenvalue weighted by atomic mass is 9.85. The molecule has 22 heavy (non-hydrogen) atoms. The molecule has 1 aliphatic heterocycles. The zero-order valence-corrected chi connectivity index (χ0v) is 12.9. The topological polar surface area (TPSA) is 37.4 Å². The fraction of sp³-hybridized carbons (Fsp3) is 0.474. The number of anilines is 1. The van der Waals surface area contributed by atoms with Gasteiger partial charge < -0.3 is 0 Å². The number of hydrogen-bond donors (Lipinski definition) is 0. The fourth-order valence-electron chi connectivity index (χ4n) is 5.37. The van der Waals surface area contributed by atoms with Crippen molar-refractivity contribution in [2.45, 2.75) is 26.7 Å². The highest BCUT2D eigenvalue weighted by Crippen LogP contribution is 2.73. The van der Waals surface area contributed by atoms with E-state index in [1.165, 1.54) is 17.7 Å². The first kappa shape index (κ1) is 12.6. The first-order valence-electron chi connectivity index (χ1n) is 8.18. The molecule has 3 fully saturated rings. The highest BCUT2D eigenvalue weighted by atomic mass is 16.2. The molecule has 3 heteroatoms. The van der Waals surface area contributed by atoms with Gasteiger partial charge in [-0.05, 0) is 55.6 Å². The van der Waals surface area contributed by atoms with Gasteiger partial charge in [0, 0.05) is 0 Å². The van der Waals surface area contributed by atoms with Gasteiger partial charge in [-0.2, -0.15) is 0 Å². The number of nitrogens with zero attached hydrogens (tertiary/aromatic N) is 1. The molecule has 1 aromatic carbocycles. The average Bonchev–Trinajstić information content (AvgIpc) is 3.07. The van der Waals surface area contributed by atoms with E-state index in [9.17, 15) is 9.59 Å². The number of fused-ring (bicyclic) bond motifs is 3. The van der Waals surface area contributed by atoms with Gasteiger partial charge in [0.15, 0.2) is 0 Å². The molecule has 3 aliphatic carbocycles. The minimum Gasteiger partial charge on any atom is -0.274 e. The van der Waals surface area contributed by atoms with E-state index in [4.69, 9.17) is 0 Å². The summed E-state index contributed by atoms with van der Waals surface area (Å²) in [6.07, 6.45) is 6.81. The Bertz CT molecular complexity index is 725. The highest BCUT2D eigenvalue weighted by molar-refractivity contribution is 6.23. The lowest BCUT2D eigenvalue weighted by Crippen LogP contribution is -2.35. The zero-order chi connectivity index (χ0) is 15.2. The van der Waals surface area contributed by atoms with E-state index in [0.717, 1.165) is 16.8 Å². The lowest BCUT2D eigenvalue weighted by molar-refractivity contribution is -0.123. The van der Waals surface area contributed by atoms with Crippen LogP contribution in [0.4, 0.5) is 5.69 Å². The number of imide groups is 1. The first-order chi connectivity index (χ1) is 10.5. The molecule has 1 heterocycles. The van der Waals surface area contributed by atoms with Gasteiger partial charge in [-0.3, -0.25) is 9.59 Å². The maximum absolute atomic E-state index is 13.0. The summed E-state index contributed by atoms with van der Waals surface area (Å²) < 4.78 is 0. The summed E-state index contributed by atoms with van der Waals surface area (Å²) >= 11 is 0. The number of carbonyl (C=O) groups excluding carboxylic acids is 2. The number of rotatable bonds is 1. The zero-order valence-electron chi connectivity index (χ0n) is 12.9. The summed E-state index contributed by atoms with van der Waals surface area (Å²) in [5.74, 6) is 0.455. The van der Waals surface area contributed by atoms with Crippen molar-refractivity contribution >= 4 is 17.5 Å². The monoisotopic (exact) mass is 293 g/mol. The Morgan fingerprint density at radius 1 is 1.00 bits per heavy atom. The molecule has 112 valence electrons. The Morgan fingerprint density at radius 3 is 2.09 bits per heavy atom. The van der Waals surface area contributed by atoms with Crippen molar-refractivity contribution in [3.63, 3.8) is 0 Å². The van der Waals surface area contributed by atoms with Crippen LogP contribution in [0.25, 0.3) is 0 Å². The Kier molecular flexibility index (Phi) is 2.13. The van der Waals surface area contributed by atoms with Crippen LogP contribution in [0.3, 0.4) is 0 Å². The molecular formula is C19H19NO2. The number of amides is 2. The minimum atomic E-state index is -0.106. The van der Waals surface area contributed by atoms with Crippen LogP contribution >= 0.6 is 0 Å². The molecule has 2 saturated carbocycles. The second-order valence-electron chi connectivity index (χ2n) is 7.52. The van der Waals surface area contributed by atoms with E-state index in [-0.39, 0.29) is 29.1 Å². The van der Waals surface area contributed by atoms with E-state index in [1.807, 2.05) is 32.0 Å². The quantitative estimate of drug-likeness (QED) is 0.589. The van der Waals surface area contributed by atoms with Gasteiger partial charge in [0.25, 0.3) is 0 Å². The van der Waals surface area contributed by atoms with E-state index in [2.05, 4.69) is 12.2 Å². The van der Waals surface area contributed by atoms with Crippen molar-refractivity contribution in [3.8, 4) is 0 Å². The molecule has 0 N–H and O–H groups in total. The molecule has 0 aromatic heterocycles. The Balaban J connectivity index is 1.59. The third-order valence-electron chi connectivity index (χ3n) is 6.45. The maximum Gasteiger partial charge on any atom is 0.238 e. The molecule has 1 saturated heterocycles. The van der Waals surface area contributed by atoms with Crippen LogP contribution in [-0.4, -0.2) is 11.8 Å². The van der Waals surface area contributed by atoms with Crippen LogP contribution in [0.1, 0.15) is 24.0 Å². The second-order valence-corrected chi connectivity index (χ2v) is 7.52. The number of carbonyl (C=O) groups is 2. The van der Waals surface area contributed by atoms with Gasteiger partial charge in [-0.25, -0.2) is 4.90 Å². The van der Waals surface area contributed by atoms with Crippen molar-refractivity contribution in [3.05, 3.63) is 41.5 Å². The lowest BCUT2D eigenvalue weighted by Gasteiger charge is -2.23. The van der Waals surface area contributed by atoms with Crippen LogP contribution < -0.4 is 4.90 Å². The maximum atomic E-state index is 13.0. The fourth-order valence-corrected chi connectivity index (χ4v) is 5.37. The van der Waals surface area contributed by atoms with Crippen molar-refractivity contribution in [2.24, 2.45) is 29.1 Å². The Morgan fingerprint density at radius 2 is 1.59 bits per heavy atom. The van der Waals surface area contributed by atoms with Gasteiger partial charge in [-0.15, -0.1) is 0 Å². The second kappa shape index (κ2) is 3.70. The molecule has 1 spiro atoms. The SMILES string of the molecule is Cc1ccc(N2C(=O)[C@@H]3[C@H](C2=O)[C@H]2C=C[C@@H]3C23CC3)c(C)c1. The third-order valence-corrected chi connectivity index (χ3v) is 6.45. The molecular weight excluding hydrogens is 274 g/mol. The predicted molar refractivity (Wildman–Crippen MR) is 83.2 cm³/mol. The molecule has 5 rings (SSSR count). The summed E-state index contributed by atoms with van der Waals surface area (Å²) in [4.78, 5) is 27.5. The molecule has 4 atom stereocenters. The van der Waals surface area contributed by atoms with Gasteiger partial charge in [-0.1, -0.05) is 29.8 Å². The van der Waals surface area contributed by atoms with Crippen LogP contribution in [-0.2, 0) is 9.59 Å². The van der Waals surface area contributed by atoms with Crippen molar-refractivity contribution < 1.29 is 9.59 Å². The molecule has 0 radical (unpaired) electrons. The molecule has 0 unspecified atom stereocenters. The number of aryl methyl sites for hydroxylation is 2. The summed E-state index contributed by atoms with van der Waals surface area (Å²) in [5.41, 5.74) is 3.20. The van der Waals surface area contributed by atoms with E-state index < -0.39 is 0 Å². The van der Waals surface area contributed by atoms with Crippen LogP contribution in [0.2, 0.25) is 0 Å². The van der Waals surface area contributed by atoms with Gasteiger partial charge in [0.1, 0.15) is 0 Å². The molecule has 2 bridgehead atoms. The van der Waals surface area contributed by atoms with E-state index in [0.29, 0.717) is 11.8 Å². The van der Waals surface area contributed by atoms with Crippen LogP contribution in [0, 0.1) is 42.9 Å². The van der Waals surface area contributed by atoms with Crippen LogP contribution in [0.15, 0.2) is 30.4 Å². The summed E-state index contributed by atoms with van der Waals surface area (Å²) in [7, 11) is 0. The Labute approximate surface area is 130 Å². The van der Waals surface area contributed by atoms with Gasteiger partial charge >= 0.3 is 0 Å². The number of benzene rings is 1. The molecule has 3 nitrogen and oxygen atoms in total. The molecule has 2 amide bonds. The molecule has 4 aliphatic rings. The summed E-state index contributed by atoms with van der Waals surface area (Å²) in [5, 5.41) is 0. The standard InChI is InChI=1S/C19H19NO2/c1-10-3-6-14(11(2)9-10)20-17(21)15-12-4-5-13(16(15)18(20)22)19(12)7-8-19/h3-6,9,12-13,15-16H,7-8H2,1-2H3/t12-,13+,15-,16+. The van der Waals surface area contributed by atoms with Crippen molar-refractivity contribution in [2.75, 3.05) is 4.90 Å². The summed E-state index contributed by atoms with van der Waals surface area (Å²) in [6.45, 7) is 4.01. The third kappa shape index (κ3) is 1.25. The highest BCUT2D eigenvalue weighted by Gasteiger charge is 2.73. The van der Waals surface area contributed by atoms with E-state index in [1.54, 1.807) is 0 Å². The minimum absolute atomic E-state index is 0.0325. The molecule has 1 aromatic rings. The van der Waals surface area contributed by atoms with Gasteiger partial charge in [0.05, 0.1) is 17.5 Å². The number of allylic oxidation sites excluding steroid dienone is 2. The first-order valence-corrected chi connectivity index (χ1v) is 8.18. The van der Waals surface area contributed by atoms with Crippen molar-refractivity contribution in [1.29, 1.82) is 0 Å². The predicted octanol–water partition coefficient (Wildman–Crippen LogP) is 3.01. The van der Waals surface area contributed by atoms with Gasteiger partial charge in [0.2, 0.25) is 11.8 Å². The number of hydrogen-bond acceptors (Lipinski definition) is 2. The smallest absolute Gasteiger partial charge is 0.238 e. The summed E-state index contributed by atoms with van der Waals surface area (Å²) in [6, 6.07) is 5.94. The average molecular weight is 293 g/mol.